The van der Waals surface area contributed by atoms with Crippen molar-refractivity contribution in [2.45, 2.75) is 64.4 Å². The molecule has 0 saturated carbocycles. The van der Waals surface area contributed by atoms with Crippen LogP contribution < -0.4 is 0 Å². The second-order valence-corrected chi connectivity index (χ2v) is 7.91. The summed E-state index contributed by atoms with van der Waals surface area (Å²) in [5.41, 5.74) is 0. The van der Waals surface area contributed by atoms with Crippen LogP contribution in [0.2, 0.25) is 0 Å². The standard InChI is InChI=1S/C12H24O2S/c1-9-6-7-10(2)14-11(9)8-15(13)12(3,4)5/h9-11H,6-8H2,1-5H3/t9-,10-,11+,15?/m1/s1. The largest absolute Gasteiger partial charge is 0.374 e. The first-order valence-electron chi connectivity index (χ1n) is 5.84. The third-order valence-corrected chi connectivity index (χ3v) is 5.07. The van der Waals surface area contributed by atoms with Crippen molar-refractivity contribution in [2.75, 3.05) is 5.75 Å². The Morgan fingerprint density at radius 1 is 1.27 bits per heavy atom. The lowest BCUT2D eigenvalue weighted by atomic mass is 9.95. The maximum absolute atomic E-state index is 12.0. The van der Waals surface area contributed by atoms with Gasteiger partial charge in [-0.3, -0.25) is 4.21 Å². The molecule has 0 amide bonds. The van der Waals surface area contributed by atoms with E-state index >= 15 is 0 Å². The summed E-state index contributed by atoms with van der Waals surface area (Å²) in [4.78, 5) is 0. The fourth-order valence-corrected chi connectivity index (χ4v) is 2.99. The molecule has 1 aliphatic rings. The quantitative estimate of drug-likeness (QED) is 0.732. The van der Waals surface area contributed by atoms with Crippen LogP contribution in [0.15, 0.2) is 0 Å². The Bertz CT molecular complexity index is 232. The van der Waals surface area contributed by atoms with Crippen molar-refractivity contribution in [3.05, 3.63) is 0 Å². The van der Waals surface area contributed by atoms with Gasteiger partial charge in [0.1, 0.15) is 0 Å². The van der Waals surface area contributed by atoms with Gasteiger partial charge in [-0.2, -0.15) is 0 Å². The molecular formula is C12H24O2S. The van der Waals surface area contributed by atoms with Gasteiger partial charge in [-0.05, 0) is 46.5 Å². The molecule has 1 rings (SSSR count). The summed E-state index contributed by atoms with van der Waals surface area (Å²) >= 11 is 0. The molecule has 0 aromatic rings. The molecule has 0 N–H and O–H groups in total. The predicted molar refractivity (Wildman–Crippen MR) is 65.5 cm³/mol. The summed E-state index contributed by atoms with van der Waals surface area (Å²) < 4.78 is 17.8. The van der Waals surface area contributed by atoms with E-state index < -0.39 is 10.8 Å². The van der Waals surface area contributed by atoms with Crippen molar-refractivity contribution in [1.29, 1.82) is 0 Å². The molecule has 0 aromatic heterocycles. The van der Waals surface area contributed by atoms with Crippen LogP contribution in [0.25, 0.3) is 0 Å². The summed E-state index contributed by atoms with van der Waals surface area (Å²) in [5, 5.41) is 0. The van der Waals surface area contributed by atoms with E-state index in [0.29, 0.717) is 17.8 Å². The molecule has 1 aliphatic heterocycles. The lowest BCUT2D eigenvalue weighted by molar-refractivity contribution is -0.0573. The van der Waals surface area contributed by atoms with Gasteiger partial charge in [0.05, 0.1) is 18.0 Å². The predicted octanol–water partition coefficient (Wildman–Crippen LogP) is 2.74. The average Bonchev–Trinajstić information content (AvgIpc) is 2.09. The number of ether oxygens (including phenoxy) is 1. The van der Waals surface area contributed by atoms with Gasteiger partial charge < -0.3 is 4.74 Å². The minimum atomic E-state index is -0.796. The van der Waals surface area contributed by atoms with Crippen LogP contribution in [0.5, 0.6) is 0 Å². The second-order valence-electron chi connectivity index (χ2n) is 5.66. The normalized spacial score (nSPS) is 35.1. The van der Waals surface area contributed by atoms with E-state index in [2.05, 4.69) is 13.8 Å². The molecule has 2 nitrogen and oxygen atoms in total. The fourth-order valence-electron chi connectivity index (χ4n) is 1.79. The maximum Gasteiger partial charge on any atom is 0.0719 e. The van der Waals surface area contributed by atoms with Gasteiger partial charge in [0.2, 0.25) is 0 Å². The Labute approximate surface area is 96.2 Å². The first-order chi connectivity index (χ1) is 6.80. The highest BCUT2D eigenvalue weighted by Crippen LogP contribution is 2.26. The molecule has 0 spiro atoms. The highest BCUT2D eigenvalue weighted by atomic mass is 32.2. The molecule has 4 atom stereocenters. The third kappa shape index (κ3) is 3.87. The minimum absolute atomic E-state index is 0.121. The maximum atomic E-state index is 12.0. The van der Waals surface area contributed by atoms with E-state index in [1.54, 1.807) is 0 Å². The number of hydrogen-bond acceptors (Lipinski definition) is 2. The van der Waals surface area contributed by atoms with Crippen LogP contribution in [0.4, 0.5) is 0 Å². The summed E-state index contributed by atoms with van der Waals surface area (Å²) in [6.07, 6.45) is 2.87. The van der Waals surface area contributed by atoms with Crippen LogP contribution in [0.1, 0.15) is 47.5 Å². The first kappa shape index (κ1) is 13.2. The smallest absolute Gasteiger partial charge is 0.0719 e. The molecule has 1 fully saturated rings. The Hall–Kier alpha value is 0.110. The lowest BCUT2D eigenvalue weighted by Crippen LogP contribution is -2.39. The topological polar surface area (TPSA) is 26.3 Å². The van der Waals surface area contributed by atoms with Crippen molar-refractivity contribution in [1.82, 2.24) is 0 Å². The van der Waals surface area contributed by atoms with Crippen molar-refractivity contribution in [3.63, 3.8) is 0 Å². The molecule has 1 saturated heterocycles. The molecule has 0 aliphatic carbocycles. The molecule has 1 unspecified atom stereocenters. The Morgan fingerprint density at radius 3 is 2.40 bits per heavy atom. The van der Waals surface area contributed by atoms with E-state index in [9.17, 15) is 4.21 Å². The van der Waals surface area contributed by atoms with Gasteiger partial charge in [0.15, 0.2) is 0 Å². The minimum Gasteiger partial charge on any atom is -0.374 e. The molecule has 0 radical (unpaired) electrons. The van der Waals surface area contributed by atoms with Gasteiger partial charge in [-0.25, -0.2) is 0 Å². The van der Waals surface area contributed by atoms with Gasteiger partial charge in [0.25, 0.3) is 0 Å². The van der Waals surface area contributed by atoms with Crippen LogP contribution in [0.3, 0.4) is 0 Å². The van der Waals surface area contributed by atoms with Crippen LogP contribution in [-0.2, 0) is 15.5 Å². The highest BCUT2D eigenvalue weighted by molar-refractivity contribution is 7.86. The van der Waals surface area contributed by atoms with Gasteiger partial charge in [0, 0.05) is 15.5 Å². The fraction of sp³-hybridized carbons (Fsp3) is 1.00. The SMILES string of the molecule is C[C@@H]1CC[C@@H](C)[C@H](CS(=O)C(C)(C)C)O1. The summed E-state index contributed by atoms with van der Waals surface area (Å²) in [6.45, 7) is 10.4. The summed E-state index contributed by atoms with van der Waals surface area (Å²) in [5.74, 6) is 1.24. The molecule has 15 heavy (non-hydrogen) atoms. The second kappa shape index (κ2) is 4.96. The van der Waals surface area contributed by atoms with Gasteiger partial charge in [-0.1, -0.05) is 6.92 Å². The molecule has 90 valence electrons. The summed E-state index contributed by atoms with van der Waals surface area (Å²) in [7, 11) is -0.796. The van der Waals surface area contributed by atoms with E-state index in [-0.39, 0.29) is 10.9 Å². The Morgan fingerprint density at radius 2 is 1.87 bits per heavy atom. The van der Waals surface area contributed by atoms with Crippen LogP contribution >= 0.6 is 0 Å². The first-order valence-corrected chi connectivity index (χ1v) is 7.16. The van der Waals surface area contributed by atoms with Crippen molar-refractivity contribution >= 4 is 10.8 Å². The molecular weight excluding hydrogens is 208 g/mol. The zero-order valence-corrected chi connectivity index (χ0v) is 11.4. The molecule has 0 aromatic carbocycles. The highest BCUT2D eigenvalue weighted by Gasteiger charge is 2.30. The zero-order chi connectivity index (χ0) is 11.6. The lowest BCUT2D eigenvalue weighted by Gasteiger charge is -2.34. The Kier molecular flexibility index (Phi) is 4.36. The van der Waals surface area contributed by atoms with Crippen LogP contribution in [-0.4, -0.2) is 26.9 Å². The van der Waals surface area contributed by atoms with Gasteiger partial charge >= 0.3 is 0 Å². The third-order valence-electron chi connectivity index (χ3n) is 3.07. The number of hydrogen-bond donors (Lipinski definition) is 0. The monoisotopic (exact) mass is 232 g/mol. The van der Waals surface area contributed by atoms with E-state index in [4.69, 9.17) is 4.74 Å². The molecule has 0 bridgehead atoms. The Balaban J connectivity index is 2.53. The van der Waals surface area contributed by atoms with Crippen molar-refractivity contribution in [2.24, 2.45) is 5.92 Å². The van der Waals surface area contributed by atoms with Crippen molar-refractivity contribution in [3.8, 4) is 0 Å². The van der Waals surface area contributed by atoms with E-state index in [0.717, 1.165) is 6.42 Å². The average molecular weight is 232 g/mol. The van der Waals surface area contributed by atoms with E-state index in [1.807, 2.05) is 20.8 Å². The zero-order valence-electron chi connectivity index (χ0n) is 10.6. The van der Waals surface area contributed by atoms with Crippen molar-refractivity contribution < 1.29 is 8.95 Å². The number of rotatable bonds is 2. The van der Waals surface area contributed by atoms with Crippen LogP contribution in [0, 0.1) is 5.92 Å². The van der Waals surface area contributed by atoms with Gasteiger partial charge in [-0.15, -0.1) is 0 Å². The summed E-state index contributed by atoms with van der Waals surface area (Å²) in [6, 6.07) is 0. The molecule has 3 heteroatoms. The molecule has 1 heterocycles. The van der Waals surface area contributed by atoms with E-state index in [1.165, 1.54) is 6.42 Å².